The van der Waals surface area contributed by atoms with Gasteiger partial charge in [-0.05, 0) is 19.8 Å². The standard InChI is InChI=1S/C13H22N4O6/c1-7(12(21)17-4-2-3-9(17)13(22)23)15-11(20)8(6-18)16-10(19)5-14/h7-9,18H,2-6,14H2,1H3,(H,15,20)(H,16,19)(H,22,23). The highest BCUT2D eigenvalue weighted by Crippen LogP contribution is 2.18. The number of carboxylic acids is 1. The molecule has 1 heterocycles. The van der Waals surface area contributed by atoms with Gasteiger partial charge in [-0.2, -0.15) is 0 Å². The number of amides is 3. The Morgan fingerprint density at radius 1 is 1.30 bits per heavy atom. The first-order chi connectivity index (χ1) is 10.8. The fourth-order valence-electron chi connectivity index (χ4n) is 2.36. The van der Waals surface area contributed by atoms with Gasteiger partial charge in [0.05, 0.1) is 13.2 Å². The molecular weight excluding hydrogens is 308 g/mol. The molecule has 6 N–H and O–H groups in total. The van der Waals surface area contributed by atoms with Crippen LogP contribution >= 0.6 is 0 Å². The summed E-state index contributed by atoms with van der Waals surface area (Å²) in [4.78, 5) is 47.7. The zero-order valence-electron chi connectivity index (χ0n) is 12.8. The van der Waals surface area contributed by atoms with Crippen molar-refractivity contribution in [2.75, 3.05) is 19.7 Å². The van der Waals surface area contributed by atoms with E-state index in [1.165, 1.54) is 11.8 Å². The number of nitrogens with two attached hydrogens (primary N) is 1. The van der Waals surface area contributed by atoms with E-state index < -0.39 is 48.4 Å². The molecule has 1 saturated heterocycles. The summed E-state index contributed by atoms with van der Waals surface area (Å²) in [5.41, 5.74) is 5.11. The molecule has 3 amide bonds. The van der Waals surface area contributed by atoms with Crippen molar-refractivity contribution in [3.05, 3.63) is 0 Å². The molecule has 1 rings (SSSR count). The third-order valence-electron chi connectivity index (χ3n) is 3.57. The van der Waals surface area contributed by atoms with Crippen LogP contribution in [0.2, 0.25) is 0 Å². The molecule has 0 bridgehead atoms. The monoisotopic (exact) mass is 330 g/mol. The number of nitrogens with zero attached hydrogens (tertiary/aromatic N) is 1. The summed E-state index contributed by atoms with van der Waals surface area (Å²) < 4.78 is 0. The number of carboxylic acid groups (broad SMARTS) is 1. The second-order valence-electron chi connectivity index (χ2n) is 5.26. The van der Waals surface area contributed by atoms with E-state index in [2.05, 4.69) is 10.6 Å². The van der Waals surface area contributed by atoms with Crippen LogP contribution < -0.4 is 16.4 Å². The Morgan fingerprint density at radius 2 is 1.96 bits per heavy atom. The van der Waals surface area contributed by atoms with Gasteiger partial charge >= 0.3 is 5.97 Å². The van der Waals surface area contributed by atoms with Crippen molar-refractivity contribution in [3.63, 3.8) is 0 Å². The van der Waals surface area contributed by atoms with Gasteiger partial charge in [0.25, 0.3) is 0 Å². The van der Waals surface area contributed by atoms with Gasteiger partial charge in [-0.25, -0.2) is 4.79 Å². The van der Waals surface area contributed by atoms with Gasteiger partial charge in [-0.1, -0.05) is 0 Å². The number of nitrogens with one attached hydrogen (secondary N) is 2. The average molecular weight is 330 g/mol. The topological polar surface area (TPSA) is 162 Å². The first-order valence-corrected chi connectivity index (χ1v) is 7.25. The Bertz CT molecular complexity index is 483. The van der Waals surface area contributed by atoms with E-state index in [1.807, 2.05) is 0 Å². The maximum Gasteiger partial charge on any atom is 0.326 e. The minimum Gasteiger partial charge on any atom is -0.480 e. The van der Waals surface area contributed by atoms with Crippen molar-refractivity contribution in [3.8, 4) is 0 Å². The number of carbonyl (C=O) groups is 4. The lowest BCUT2D eigenvalue weighted by Crippen LogP contribution is -2.56. The molecule has 0 aromatic rings. The van der Waals surface area contributed by atoms with Gasteiger partial charge in [-0.15, -0.1) is 0 Å². The largest absolute Gasteiger partial charge is 0.480 e. The predicted octanol–water partition coefficient (Wildman–Crippen LogP) is -3.00. The van der Waals surface area contributed by atoms with E-state index in [0.29, 0.717) is 19.4 Å². The first-order valence-electron chi connectivity index (χ1n) is 7.25. The van der Waals surface area contributed by atoms with Gasteiger partial charge in [0, 0.05) is 6.54 Å². The Balaban J connectivity index is 2.64. The minimum absolute atomic E-state index is 0.309. The lowest BCUT2D eigenvalue weighted by Gasteiger charge is -2.26. The molecule has 10 nitrogen and oxygen atoms in total. The molecule has 0 aromatic carbocycles. The Kier molecular flexibility index (Phi) is 6.91. The molecule has 0 spiro atoms. The highest BCUT2D eigenvalue weighted by molar-refractivity contribution is 5.93. The number of hydrogen-bond acceptors (Lipinski definition) is 6. The summed E-state index contributed by atoms with van der Waals surface area (Å²) in [6.07, 6.45) is 0.947. The molecule has 0 aliphatic carbocycles. The van der Waals surface area contributed by atoms with Crippen LogP contribution in [0.4, 0.5) is 0 Å². The van der Waals surface area contributed by atoms with Gasteiger partial charge in [0.1, 0.15) is 18.1 Å². The van der Waals surface area contributed by atoms with E-state index in [1.54, 1.807) is 0 Å². The molecule has 130 valence electrons. The Labute approximate surface area is 133 Å². The molecule has 3 unspecified atom stereocenters. The van der Waals surface area contributed by atoms with Crippen molar-refractivity contribution in [2.24, 2.45) is 5.73 Å². The molecule has 0 saturated carbocycles. The minimum atomic E-state index is -1.23. The van der Waals surface area contributed by atoms with Crippen LogP contribution in [0.1, 0.15) is 19.8 Å². The maximum atomic E-state index is 12.3. The second kappa shape index (κ2) is 8.44. The molecule has 3 atom stereocenters. The quantitative estimate of drug-likeness (QED) is 0.332. The molecule has 1 aliphatic rings. The number of aliphatic hydroxyl groups excluding tert-OH is 1. The number of rotatable bonds is 7. The van der Waals surface area contributed by atoms with E-state index in [9.17, 15) is 19.2 Å². The number of carbonyl (C=O) groups excluding carboxylic acids is 3. The molecular formula is C13H22N4O6. The third-order valence-corrected chi connectivity index (χ3v) is 3.57. The van der Waals surface area contributed by atoms with E-state index in [4.69, 9.17) is 15.9 Å². The van der Waals surface area contributed by atoms with Crippen molar-refractivity contribution < 1.29 is 29.4 Å². The summed E-state index contributed by atoms with van der Waals surface area (Å²) >= 11 is 0. The highest BCUT2D eigenvalue weighted by atomic mass is 16.4. The van der Waals surface area contributed by atoms with Crippen molar-refractivity contribution in [1.29, 1.82) is 0 Å². The van der Waals surface area contributed by atoms with Crippen LogP contribution in [0, 0.1) is 0 Å². The summed E-state index contributed by atoms with van der Waals surface area (Å²) in [6, 6.07) is -3.10. The number of hydrogen-bond donors (Lipinski definition) is 5. The SMILES string of the molecule is CC(NC(=O)C(CO)NC(=O)CN)C(=O)N1CCCC1C(=O)O. The molecule has 10 heteroatoms. The summed E-state index contributed by atoms with van der Waals surface area (Å²) in [5.74, 6) is -2.98. The molecule has 23 heavy (non-hydrogen) atoms. The van der Waals surface area contributed by atoms with Crippen LogP contribution in [0.15, 0.2) is 0 Å². The smallest absolute Gasteiger partial charge is 0.326 e. The lowest BCUT2D eigenvalue weighted by atomic mass is 10.2. The number of aliphatic hydroxyl groups is 1. The van der Waals surface area contributed by atoms with Gasteiger partial charge in [0.15, 0.2) is 0 Å². The van der Waals surface area contributed by atoms with Crippen molar-refractivity contribution in [2.45, 2.75) is 37.9 Å². The van der Waals surface area contributed by atoms with E-state index in [0.717, 1.165) is 0 Å². The van der Waals surface area contributed by atoms with Gasteiger partial charge in [0.2, 0.25) is 17.7 Å². The lowest BCUT2D eigenvalue weighted by molar-refractivity contribution is -0.149. The molecule has 0 radical (unpaired) electrons. The fraction of sp³-hybridized carbons (Fsp3) is 0.692. The summed E-state index contributed by atoms with van der Waals surface area (Å²) in [5, 5.41) is 22.8. The maximum absolute atomic E-state index is 12.3. The van der Waals surface area contributed by atoms with Crippen molar-refractivity contribution in [1.82, 2.24) is 15.5 Å². The third kappa shape index (κ3) is 4.89. The predicted molar refractivity (Wildman–Crippen MR) is 78.0 cm³/mol. The van der Waals surface area contributed by atoms with Crippen molar-refractivity contribution >= 4 is 23.7 Å². The normalized spacial score (nSPS) is 19.8. The molecule has 0 aromatic heterocycles. The highest BCUT2D eigenvalue weighted by Gasteiger charge is 2.36. The van der Waals surface area contributed by atoms with Crippen LogP contribution in [0.5, 0.6) is 0 Å². The summed E-state index contributed by atoms with van der Waals surface area (Å²) in [6.45, 7) is 0.728. The first kappa shape index (κ1) is 18.8. The molecule has 1 aliphatic heterocycles. The van der Waals surface area contributed by atoms with Crippen LogP contribution in [-0.2, 0) is 19.2 Å². The second-order valence-corrected chi connectivity index (χ2v) is 5.26. The molecule has 1 fully saturated rings. The average Bonchev–Trinajstić information content (AvgIpc) is 3.00. The van der Waals surface area contributed by atoms with E-state index in [-0.39, 0.29) is 6.54 Å². The number of aliphatic carboxylic acids is 1. The number of likely N-dealkylation sites (tertiary alicyclic amines) is 1. The van der Waals surface area contributed by atoms with E-state index >= 15 is 0 Å². The Morgan fingerprint density at radius 3 is 2.48 bits per heavy atom. The van der Waals surface area contributed by atoms with Gasteiger partial charge in [-0.3, -0.25) is 14.4 Å². The van der Waals surface area contributed by atoms with Gasteiger partial charge < -0.3 is 31.5 Å². The fourth-order valence-corrected chi connectivity index (χ4v) is 2.36. The van der Waals surface area contributed by atoms with Crippen LogP contribution in [0.3, 0.4) is 0 Å². The Hall–Kier alpha value is -2.20. The van der Waals surface area contributed by atoms with Crippen LogP contribution in [-0.4, -0.2) is 76.6 Å². The van der Waals surface area contributed by atoms with Crippen LogP contribution in [0.25, 0.3) is 0 Å². The summed E-state index contributed by atoms with van der Waals surface area (Å²) in [7, 11) is 0. The zero-order valence-corrected chi connectivity index (χ0v) is 12.8. The zero-order chi connectivity index (χ0) is 17.6.